The Balaban J connectivity index is 1.88. The summed E-state index contributed by atoms with van der Waals surface area (Å²) in [6.07, 6.45) is 1.61. The first kappa shape index (κ1) is 19.0. The molecular weight excluding hydrogens is 384 g/mol. The summed E-state index contributed by atoms with van der Waals surface area (Å²) in [5.41, 5.74) is 3.52. The maximum atomic E-state index is 12.5. The molecule has 2 heterocycles. The molecule has 0 fully saturated rings. The number of nitrogens with zero attached hydrogens (tertiary/aromatic N) is 2. The molecule has 0 saturated carbocycles. The van der Waals surface area contributed by atoms with Gasteiger partial charge in [0, 0.05) is 24.2 Å². The number of carbonyl (C=O) groups is 2. The lowest BCUT2D eigenvalue weighted by atomic mass is 10.1. The second kappa shape index (κ2) is 7.85. The zero-order valence-corrected chi connectivity index (χ0v) is 16.5. The molecule has 0 saturated heterocycles. The number of thiazole rings is 1. The van der Waals surface area contributed by atoms with Gasteiger partial charge in [0.15, 0.2) is 10.3 Å². The van der Waals surface area contributed by atoms with E-state index in [-0.39, 0.29) is 17.0 Å². The minimum Gasteiger partial charge on any atom is -0.319 e. The molecule has 2 aromatic heterocycles. The van der Waals surface area contributed by atoms with E-state index in [0.29, 0.717) is 16.4 Å². The summed E-state index contributed by atoms with van der Waals surface area (Å²) < 4.78 is 0. The van der Waals surface area contributed by atoms with Gasteiger partial charge in [0.05, 0.1) is 16.3 Å². The van der Waals surface area contributed by atoms with Gasteiger partial charge in [-0.05, 0) is 32.0 Å². The normalized spacial score (nSPS) is 10.5. The fourth-order valence-electron chi connectivity index (χ4n) is 2.43. The number of rotatable bonds is 4. The highest BCUT2D eigenvalue weighted by Crippen LogP contribution is 2.35. The predicted octanol–water partition coefficient (Wildman–Crippen LogP) is 4.69. The second-order valence-corrected chi connectivity index (χ2v) is 7.35. The molecule has 0 atom stereocenters. The first-order valence-corrected chi connectivity index (χ1v) is 9.32. The van der Waals surface area contributed by atoms with Gasteiger partial charge in [-0.1, -0.05) is 40.6 Å². The van der Waals surface area contributed by atoms with E-state index in [1.807, 2.05) is 26.0 Å². The molecule has 3 aromatic rings. The van der Waals surface area contributed by atoms with Gasteiger partial charge >= 0.3 is 0 Å². The van der Waals surface area contributed by atoms with Gasteiger partial charge in [-0.2, -0.15) is 0 Å². The van der Waals surface area contributed by atoms with Crippen molar-refractivity contribution in [3.8, 4) is 10.4 Å². The number of hydrogen-bond acceptors (Lipinski definition) is 5. The van der Waals surface area contributed by atoms with E-state index in [0.717, 1.165) is 21.7 Å². The fourth-order valence-corrected chi connectivity index (χ4v) is 3.57. The Labute approximate surface area is 165 Å². The van der Waals surface area contributed by atoms with Gasteiger partial charge in [-0.3, -0.25) is 9.59 Å². The topological polar surface area (TPSA) is 84.0 Å². The van der Waals surface area contributed by atoms with Crippen LogP contribution in [0.3, 0.4) is 0 Å². The maximum Gasteiger partial charge on any atom is 0.255 e. The molecule has 8 heteroatoms. The van der Waals surface area contributed by atoms with Crippen molar-refractivity contribution >= 4 is 45.6 Å². The second-order valence-electron chi connectivity index (χ2n) is 6.00. The van der Waals surface area contributed by atoms with Crippen molar-refractivity contribution in [1.82, 2.24) is 9.97 Å². The number of halogens is 1. The Morgan fingerprint density at radius 2 is 1.81 bits per heavy atom. The van der Waals surface area contributed by atoms with Crippen LogP contribution in [0.25, 0.3) is 10.4 Å². The van der Waals surface area contributed by atoms with Gasteiger partial charge in [0.25, 0.3) is 5.91 Å². The average Bonchev–Trinajstić information content (AvgIpc) is 2.97. The zero-order valence-electron chi connectivity index (χ0n) is 15.0. The highest BCUT2D eigenvalue weighted by Gasteiger charge is 2.15. The van der Waals surface area contributed by atoms with Crippen LogP contribution in [0.1, 0.15) is 28.5 Å². The quantitative estimate of drug-likeness (QED) is 0.622. The standard InChI is InChI=1S/C19H17ClN4O2S/c1-10-4-6-13(7-5-10)18(26)24-15-8-14(9-21-17(15)20)16-11(2)22-19(27-16)23-12(3)25/h4-9H,1-3H3,(H,24,26)(H,22,23,25). The van der Waals surface area contributed by atoms with Crippen LogP contribution >= 0.6 is 22.9 Å². The van der Waals surface area contributed by atoms with E-state index in [1.165, 1.54) is 18.3 Å². The van der Waals surface area contributed by atoms with E-state index >= 15 is 0 Å². The highest BCUT2D eigenvalue weighted by atomic mass is 35.5. The van der Waals surface area contributed by atoms with Crippen molar-refractivity contribution in [3.05, 3.63) is 58.5 Å². The van der Waals surface area contributed by atoms with Gasteiger partial charge in [-0.25, -0.2) is 9.97 Å². The van der Waals surface area contributed by atoms with E-state index in [2.05, 4.69) is 20.6 Å². The average molecular weight is 401 g/mol. The van der Waals surface area contributed by atoms with Crippen LogP contribution in [0.4, 0.5) is 10.8 Å². The molecule has 0 aliphatic rings. The van der Waals surface area contributed by atoms with Crippen LogP contribution in [0.2, 0.25) is 5.15 Å². The number of anilines is 2. The molecule has 0 spiro atoms. The summed E-state index contributed by atoms with van der Waals surface area (Å²) in [5.74, 6) is -0.452. The summed E-state index contributed by atoms with van der Waals surface area (Å²) in [6.45, 7) is 5.23. The Morgan fingerprint density at radius 3 is 2.48 bits per heavy atom. The Hall–Kier alpha value is -2.77. The Bertz CT molecular complexity index is 1020. The van der Waals surface area contributed by atoms with Crippen LogP contribution in [-0.4, -0.2) is 21.8 Å². The minimum absolute atomic E-state index is 0.185. The van der Waals surface area contributed by atoms with Gasteiger partial charge in [0.1, 0.15) is 0 Å². The maximum absolute atomic E-state index is 12.5. The number of benzene rings is 1. The first-order valence-electron chi connectivity index (χ1n) is 8.12. The summed E-state index contributed by atoms with van der Waals surface area (Å²) in [5, 5.41) is 6.18. The van der Waals surface area contributed by atoms with Crippen molar-refractivity contribution in [1.29, 1.82) is 0 Å². The highest BCUT2D eigenvalue weighted by molar-refractivity contribution is 7.19. The van der Waals surface area contributed by atoms with Crippen LogP contribution in [-0.2, 0) is 4.79 Å². The number of aromatic nitrogens is 2. The first-order chi connectivity index (χ1) is 12.8. The van der Waals surface area contributed by atoms with E-state index in [4.69, 9.17) is 11.6 Å². The van der Waals surface area contributed by atoms with Crippen molar-refractivity contribution in [2.75, 3.05) is 10.6 Å². The van der Waals surface area contributed by atoms with Crippen molar-refractivity contribution < 1.29 is 9.59 Å². The number of aryl methyl sites for hydroxylation is 2. The Morgan fingerprint density at radius 1 is 1.11 bits per heavy atom. The van der Waals surface area contributed by atoms with E-state index in [9.17, 15) is 9.59 Å². The molecule has 0 unspecified atom stereocenters. The van der Waals surface area contributed by atoms with E-state index in [1.54, 1.807) is 24.4 Å². The molecule has 2 amide bonds. The monoisotopic (exact) mass is 400 g/mol. The molecule has 2 N–H and O–H groups in total. The van der Waals surface area contributed by atoms with Gasteiger partial charge in [-0.15, -0.1) is 0 Å². The molecule has 0 radical (unpaired) electrons. The smallest absolute Gasteiger partial charge is 0.255 e. The lowest BCUT2D eigenvalue weighted by Crippen LogP contribution is -2.12. The molecule has 27 heavy (non-hydrogen) atoms. The number of carbonyl (C=O) groups excluding carboxylic acids is 2. The van der Waals surface area contributed by atoms with Crippen molar-refractivity contribution in [2.45, 2.75) is 20.8 Å². The van der Waals surface area contributed by atoms with Gasteiger partial charge in [0.2, 0.25) is 5.91 Å². The molecule has 3 rings (SSSR count). The van der Waals surface area contributed by atoms with E-state index < -0.39 is 0 Å². The van der Waals surface area contributed by atoms with Crippen molar-refractivity contribution in [2.24, 2.45) is 0 Å². The van der Waals surface area contributed by atoms with Crippen LogP contribution in [0.15, 0.2) is 36.5 Å². The third-order valence-corrected chi connectivity index (χ3v) is 5.17. The minimum atomic E-state index is -0.268. The van der Waals surface area contributed by atoms with Gasteiger partial charge < -0.3 is 10.6 Å². The SMILES string of the molecule is CC(=O)Nc1nc(C)c(-c2cnc(Cl)c(NC(=O)c3ccc(C)cc3)c2)s1. The fraction of sp³-hybridized carbons (Fsp3) is 0.158. The summed E-state index contributed by atoms with van der Waals surface area (Å²) in [7, 11) is 0. The molecule has 138 valence electrons. The summed E-state index contributed by atoms with van der Waals surface area (Å²) >= 11 is 7.49. The molecule has 0 aliphatic heterocycles. The Kier molecular flexibility index (Phi) is 5.53. The lowest BCUT2D eigenvalue weighted by molar-refractivity contribution is -0.114. The molecule has 6 nitrogen and oxygen atoms in total. The molecule has 0 aliphatic carbocycles. The summed E-state index contributed by atoms with van der Waals surface area (Å²) in [4.78, 5) is 33.0. The van der Waals surface area contributed by atoms with Crippen LogP contribution < -0.4 is 10.6 Å². The third kappa shape index (κ3) is 4.50. The number of nitrogens with one attached hydrogen (secondary N) is 2. The number of hydrogen-bond donors (Lipinski definition) is 2. The molecule has 1 aromatic carbocycles. The number of pyridine rings is 1. The third-order valence-electron chi connectivity index (χ3n) is 3.74. The molecular formula is C19H17ClN4O2S. The van der Waals surface area contributed by atoms with Crippen LogP contribution in [0, 0.1) is 13.8 Å². The molecule has 0 bridgehead atoms. The van der Waals surface area contributed by atoms with Crippen molar-refractivity contribution in [3.63, 3.8) is 0 Å². The number of amides is 2. The lowest BCUT2D eigenvalue weighted by Gasteiger charge is -2.09. The predicted molar refractivity (Wildman–Crippen MR) is 109 cm³/mol. The zero-order chi connectivity index (χ0) is 19.6. The van der Waals surface area contributed by atoms with Crippen LogP contribution in [0.5, 0.6) is 0 Å². The summed E-state index contributed by atoms with van der Waals surface area (Å²) in [6, 6.07) is 9.00. The largest absolute Gasteiger partial charge is 0.319 e.